The molecule has 0 aliphatic rings. The Labute approximate surface area is 186 Å². The molecule has 152 valence electrons. The number of pyridine rings is 1. The van der Waals surface area contributed by atoms with Gasteiger partial charge in [-0.3, -0.25) is 4.98 Å². The van der Waals surface area contributed by atoms with Gasteiger partial charge in [0.1, 0.15) is 11.5 Å². The molecule has 0 amide bonds. The predicted molar refractivity (Wildman–Crippen MR) is 133 cm³/mol. The number of ether oxygens (including phenoxy) is 1. The first kappa shape index (κ1) is 18.6. The summed E-state index contributed by atoms with van der Waals surface area (Å²) < 4.78 is 6.62. The Hall–Kier alpha value is -4.17. The molecule has 32 heavy (non-hydrogen) atoms. The van der Waals surface area contributed by atoms with Crippen molar-refractivity contribution in [3.05, 3.63) is 115 Å². The predicted octanol–water partition coefficient (Wildman–Crippen LogP) is 8.31. The van der Waals surface area contributed by atoms with E-state index in [4.69, 9.17) is 9.72 Å². The number of benzene rings is 5. The molecule has 0 aliphatic carbocycles. The Kier molecular flexibility index (Phi) is 4.36. The molecule has 6 aromatic rings. The third-order valence-electron chi connectivity index (χ3n) is 6.01. The van der Waals surface area contributed by atoms with Gasteiger partial charge in [-0.15, -0.1) is 0 Å². The Morgan fingerprint density at radius 2 is 1.28 bits per heavy atom. The summed E-state index contributed by atoms with van der Waals surface area (Å²) in [5.74, 6) is 1.67. The molecule has 6 rings (SSSR count). The van der Waals surface area contributed by atoms with Gasteiger partial charge in [0.15, 0.2) is 0 Å². The van der Waals surface area contributed by atoms with Crippen LogP contribution in [-0.4, -0.2) is 4.98 Å². The van der Waals surface area contributed by atoms with Crippen LogP contribution in [0.25, 0.3) is 43.6 Å². The summed E-state index contributed by atoms with van der Waals surface area (Å²) in [5.41, 5.74) is 4.45. The van der Waals surface area contributed by atoms with Crippen LogP contribution in [0.5, 0.6) is 11.5 Å². The number of aromatic nitrogens is 1. The zero-order valence-corrected chi connectivity index (χ0v) is 17.7. The SMILES string of the molecule is Cc1ccc(Oc2c3ccccc3c(-c3ccccc3)c3ncc4ccccc4c23)cc1. The van der Waals surface area contributed by atoms with Crippen LogP contribution in [0.4, 0.5) is 0 Å². The van der Waals surface area contributed by atoms with E-state index in [0.717, 1.165) is 55.1 Å². The van der Waals surface area contributed by atoms with Crippen LogP contribution in [0.15, 0.2) is 109 Å². The Balaban J connectivity index is 1.79. The average Bonchev–Trinajstić information content (AvgIpc) is 2.85. The van der Waals surface area contributed by atoms with Crippen molar-refractivity contribution in [2.45, 2.75) is 6.92 Å². The van der Waals surface area contributed by atoms with Gasteiger partial charge in [-0.25, -0.2) is 0 Å². The van der Waals surface area contributed by atoms with E-state index in [1.54, 1.807) is 0 Å². The molecule has 0 N–H and O–H groups in total. The van der Waals surface area contributed by atoms with Gasteiger partial charge < -0.3 is 4.74 Å². The second-order valence-corrected chi connectivity index (χ2v) is 8.10. The molecule has 1 heterocycles. The van der Waals surface area contributed by atoms with Crippen molar-refractivity contribution in [2.75, 3.05) is 0 Å². The molecule has 0 aliphatic heterocycles. The minimum atomic E-state index is 0.822. The molecule has 0 atom stereocenters. The topological polar surface area (TPSA) is 22.1 Å². The minimum absolute atomic E-state index is 0.822. The van der Waals surface area contributed by atoms with Gasteiger partial charge in [-0.05, 0) is 35.4 Å². The number of hydrogen-bond donors (Lipinski definition) is 0. The fourth-order valence-electron chi connectivity index (χ4n) is 4.47. The van der Waals surface area contributed by atoms with Gasteiger partial charge in [0.2, 0.25) is 0 Å². The van der Waals surface area contributed by atoms with Gasteiger partial charge in [0.25, 0.3) is 0 Å². The molecule has 0 fully saturated rings. The van der Waals surface area contributed by atoms with E-state index in [0.29, 0.717) is 0 Å². The molecule has 0 bridgehead atoms. The Bertz CT molecular complexity index is 1590. The van der Waals surface area contributed by atoms with E-state index < -0.39 is 0 Å². The van der Waals surface area contributed by atoms with Crippen molar-refractivity contribution in [3.63, 3.8) is 0 Å². The lowest BCUT2D eigenvalue weighted by Gasteiger charge is -2.18. The van der Waals surface area contributed by atoms with Crippen molar-refractivity contribution < 1.29 is 4.74 Å². The van der Waals surface area contributed by atoms with E-state index in [1.807, 2.05) is 24.4 Å². The first-order valence-corrected chi connectivity index (χ1v) is 10.8. The van der Waals surface area contributed by atoms with Crippen molar-refractivity contribution in [2.24, 2.45) is 0 Å². The maximum absolute atomic E-state index is 6.62. The maximum Gasteiger partial charge on any atom is 0.145 e. The molecule has 0 saturated heterocycles. The summed E-state index contributed by atoms with van der Waals surface area (Å²) >= 11 is 0. The summed E-state index contributed by atoms with van der Waals surface area (Å²) in [6, 6.07) is 35.6. The van der Waals surface area contributed by atoms with Gasteiger partial charge in [0.05, 0.1) is 10.9 Å². The van der Waals surface area contributed by atoms with Gasteiger partial charge >= 0.3 is 0 Å². The highest BCUT2D eigenvalue weighted by atomic mass is 16.5. The number of fused-ring (bicyclic) bond motifs is 4. The van der Waals surface area contributed by atoms with Crippen LogP contribution >= 0.6 is 0 Å². The minimum Gasteiger partial charge on any atom is -0.456 e. The first-order chi connectivity index (χ1) is 15.8. The lowest BCUT2D eigenvalue weighted by molar-refractivity contribution is 0.494. The van der Waals surface area contributed by atoms with Crippen molar-refractivity contribution in [3.8, 4) is 22.6 Å². The smallest absolute Gasteiger partial charge is 0.145 e. The standard InChI is InChI=1S/C30H21NO/c1-20-15-17-23(18-16-20)32-30-26-14-8-7-13-25(26)27(21-9-3-2-4-10-21)29-28(30)24-12-6-5-11-22(24)19-31-29/h2-19H,1H3. The third kappa shape index (κ3) is 3.00. The number of nitrogens with zero attached hydrogens (tertiary/aromatic N) is 1. The van der Waals surface area contributed by atoms with Crippen LogP contribution in [-0.2, 0) is 0 Å². The molecule has 2 nitrogen and oxygen atoms in total. The van der Waals surface area contributed by atoms with E-state index in [2.05, 4.69) is 91.9 Å². The molecule has 0 radical (unpaired) electrons. The number of aryl methyl sites for hydroxylation is 1. The van der Waals surface area contributed by atoms with Crippen LogP contribution in [0, 0.1) is 6.92 Å². The second kappa shape index (κ2) is 7.51. The van der Waals surface area contributed by atoms with Crippen molar-refractivity contribution in [1.82, 2.24) is 4.98 Å². The average molecular weight is 412 g/mol. The summed E-state index contributed by atoms with van der Waals surface area (Å²) in [6.45, 7) is 2.08. The highest BCUT2D eigenvalue weighted by Crippen LogP contribution is 2.46. The van der Waals surface area contributed by atoms with E-state index in [9.17, 15) is 0 Å². The summed E-state index contributed by atoms with van der Waals surface area (Å²) in [6.07, 6.45) is 1.97. The van der Waals surface area contributed by atoms with E-state index in [-0.39, 0.29) is 0 Å². The monoisotopic (exact) mass is 411 g/mol. The van der Waals surface area contributed by atoms with E-state index in [1.165, 1.54) is 5.56 Å². The third-order valence-corrected chi connectivity index (χ3v) is 6.01. The largest absolute Gasteiger partial charge is 0.456 e. The number of rotatable bonds is 3. The summed E-state index contributed by atoms with van der Waals surface area (Å²) in [5, 5.41) is 5.50. The lowest BCUT2D eigenvalue weighted by Crippen LogP contribution is -1.95. The molecule has 1 aromatic heterocycles. The molecule has 5 aromatic carbocycles. The van der Waals surface area contributed by atoms with Gasteiger partial charge in [-0.2, -0.15) is 0 Å². The highest BCUT2D eigenvalue weighted by molar-refractivity contribution is 6.22. The second-order valence-electron chi connectivity index (χ2n) is 8.10. The highest BCUT2D eigenvalue weighted by Gasteiger charge is 2.19. The van der Waals surface area contributed by atoms with E-state index >= 15 is 0 Å². The quantitative estimate of drug-likeness (QED) is 0.216. The first-order valence-electron chi connectivity index (χ1n) is 10.8. The van der Waals surface area contributed by atoms with Crippen LogP contribution in [0.3, 0.4) is 0 Å². The maximum atomic E-state index is 6.62. The molecule has 0 unspecified atom stereocenters. The van der Waals surface area contributed by atoms with Crippen LogP contribution in [0.2, 0.25) is 0 Å². The van der Waals surface area contributed by atoms with Gasteiger partial charge in [-0.1, -0.05) is 96.6 Å². The fraction of sp³-hybridized carbons (Fsp3) is 0.0333. The van der Waals surface area contributed by atoms with Crippen molar-refractivity contribution in [1.29, 1.82) is 0 Å². The molecule has 2 heteroatoms. The zero-order valence-electron chi connectivity index (χ0n) is 17.7. The Morgan fingerprint density at radius 1 is 0.625 bits per heavy atom. The molecule has 0 saturated carbocycles. The van der Waals surface area contributed by atoms with Crippen LogP contribution in [0.1, 0.15) is 5.56 Å². The van der Waals surface area contributed by atoms with Crippen LogP contribution < -0.4 is 4.74 Å². The molecular formula is C30H21NO. The summed E-state index contributed by atoms with van der Waals surface area (Å²) in [4.78, 5) is 4.97. The zero-order chi connectivity index (χ0) is 21.5. The fourth-order valence-corrected chi connectivity index (χ4v) is 4.47. The van der Waals surface area contributed by atoms with Gasteiger partial charge in [0, 0.05) is 22.5 Å². The Morgan fingerprint density at radius 3 is 2.06 bits per heavy atom. The summed E-state index contributed by atoms with van der Waals surface area (Å²) in [7, 11) is 0. The number of hydrogen-bond acceptors (Lipinski definition) is 2. The van der Waals surface area contributed by atoms with Crippen molar-refractivity contribution >= 4 is 32.4 Å². The lowest BCUT2D eigenvalue weighted by atomic mass is 9.92. The molecular weight excluding hydrogens is 390 g/mol. The molecule has 0 spiro atoms. The normalized spacial score (nSPS) is 11.3.